The van der Waals surface area contributed by atoms with Crippen LogP contribution in [0.4, 0.5) is 0 Å². The average Bonchev–Trinajstić information content (AvgIpc) is 3.34. The van der Waals surface area contributed by atoms with Crippen LogP contribution in [0, 0.1) is 0 Å². The first-order chi connectivity index (χ1) is 15.2. The molecule has 0 spiro atoms. The van der Waals surface area contributed by atoms with Crippen molar-refractivity contribution in [3.8, 4) is 11.3 Å². The maximum absolute atomic E-state index is 13.3. The summed E-state index contributed by atoms with van der Waals surface area (Å²) in [7, 11) is 0. The molecule has 0 N–H and O–H groups in total. The van der Waals surface area contributed by atoms with Crippen molar-refractivity contribution in [1.82, 2.24) is 4.90 Å². The van der Waals surface area contributed by atoms with E-state index in [1.165, 1.54) is 69.5 Å². The standard InChI is InChI=1S/C26H31NO2S2/c28-25-24(19-22-17-18-23(29-22)20-13-9-8-10-14-20)31-26(30)27(25)21-15-11-6-4-2-1-3-5-7-12-16-21/h8-10,13-14,17-19,21H,1-7,11-12,15-16H2. The summed E-state index contributed by atoms with van der Waals surface area (Å²) in [6.07, 6.45) is 15.5. The van der Waals surface area contributed by atoms with Crippen LogP contribution in [0.25, 0.3) is 17.4 Å². The highest BCUT2D eigenvalue weighted by molar-refractivity contribution is 8.26. The zero-order valence-electron chi connectivity index (χ0n) is 18.1. The highest BCUT2D eigenvalue weighted by atomic mass is 32.2. The number of amides is 1. The lowest BCUT2D eigenvalue weighted by Gasteiger charge is -2.27. The Kier molecular flexibility index (Phi) is 8.03. The van der Waals surface area contributed by atoms with Crippen molar-refractivity contribution in [2.24, 2.45) is 0 Å². The van der Waals surface area contributed by atoms with Crippen LogP contribution >= 0.6 is 24.0 Å². The Morgan fingerprint density at radius 1 is 0.871 bits per heavy atom. The minimum Gasteiger partial charge on any atom is -0.457 e. The molecule has 164 valence electrons. The maximum Gasteiger partial charge on any atom is 0.266 e. The fourth-order valence-electron chi connectivity index (χ4n) is 4.51. The molecule has 31 heavy (non-hydrogen) atoms. The van der Waals surface area contributed by atoms with Gasteiger partial charge in [-0.1, -0.05) is 112 Å². The topological polar surface area (TPSA) is 33.5 Å². The van der Waals surface area contributed by atoms with Crippen LogP contribution in [0.5, 0.6) is 0 Å². The van der Waals surface area contributed by atoms with E-state index in [1.54, 1.807) is 0 Å². The zero-order valence-corrected chi connectivity index (χ0v) is 19.7. The Morgan fingerprint density at radius 2 is 1.48 bits per heavy atom. The lowest BCUT2D eigenvalue weighted by molar-refractivity contribution is -0.123. The van der Waals surface area contributed by atoms with Crippen molar-refractivity contribution in [3.05, 3.63) is 53.1 Å². The Morgan fingerprint density at radius 3 is 2.13 bits per heavy atom. The molecule has 4 rings (SSSR count). The number of hydrogen-bond donors (Lipinski definition) is 0. The van der Waals surface area contributed by atoms with Crippen molar-refractivity contribution in [1.29, 1.82) is 0 Å². The molecular weight excluding hydrogens is 422 g/mol. The molecule has 1 amide bonds. The van der Waals surface area contributed by atoms with Crippen LogP contribution < -0.4 is 0 Å². The minimum absolute atomic E-state index is 0.0461. The molecule has 1 aromatic carbocycles. The van der Waals surface area contributed by atoms with Crippen LogP contribution in [0.15, 0.2) is 51.8 Å². The van der Waals surface area contributed by atoms with Gasteiger partial charge in [0.05, 0.1) is 4.91 Å². The van der Waals surface area contributed by atoms with E-state index in [0.29, 0.717) is 15.0 Å². The van der Waals surface area contributed by atoms with Gasteiger partial charge >= 0.3 is 0 Å². The second-order valence-electron chi connectivity index (χ2n) is 8.53. The minimum atomic E-state index is 0.0461. The molecule has 1 aliphatic heterocycles. The first-order valence-electron chi connectivity index (χ1n) is 11.6. The summed E-state index contributed by atoms with van der Waals surface area (Å²) >= 11 is 7.07. The molecule has 3 nitrogen and oxygen atoms in total. The van der Waals surface area contributed by atoms with Crippen LogP contribution in [0.2, 0.25) is 0 Å². The monoisotopic (exact) mass is 453 g/mol. The molecule has 1 aromatic heterocycles. The van der Waals surface area contributed by atoms with Gasteiger partial charge in [0.2, 0.25) is 0 Å². The van der Waals surface area contributed by atoms with Gasteiger partial charge in [0, 0.05) is 17.7 Å². The lowest BCUT2D eigenvalue weighted by atomic mass is 9.97. The first-order valence-corrected chi connectivity index (χ1v) is 12.9. The molecule has 2 aromatic rings. The summed E-state index contributed by atoms with van der Waals surface area (Å²) in [4.78, 5) is 15.9. The summed E-state index contributed by atoms with van der Waals surface area (Å²) in [5.74, 6) is 1.55. The third-order valence-corrected chi connectivity index (χ3v) is 7.55. The van der Waals surface area contributed by atoms with Crippen molar-refractivity contribution in [3.63, 3.8) is 0 Å². The average molecular weight is 454 g/mol. The van der Waals surface area contributed by atoms with Crippen LogP contribution in [0.3, 0.4) is 0 Å². The SMILES string of the molecule is O=C1C(=Cc2ccc(-c3ccccc3)o2)SC(=S)N1C1CCCCCCCCCCC1. The second kappa shape index (κ2) is 11.1. The predicted molar refractivity (Wildman–Crippen MR) is 134 cm³/mol. The number of rotatable bonds is 3. The fraction of sp³-hybridized carbons (Fsp3) is 0.462. The molecule has 2 aliphatic rings. The van der Waals surface area contributed by atoms with E-state index in [-0.39, 0.29) is 11.9 Å². The van der Waals surface area contributed by atoms with E-state index in [1.807, 2.05) is 53.4 Å². The highest BCUT2D eigenvalue weighted by Crippen LogP contribution is 2.37. The fourth-order valence-corrected chi connectivity index (χ4v) is 5.89. The number of hydrogen-bond acceptors (Lipinski definition) is 4. The number of carbonyl (C=O) groups excluding carboxylic acids is 1. The van der Waals surface area contributed by atoms with Gasteiger partial charge in [-0.2, -0.15) is 0 Å². The molecule has 0 unspecified atom stereocenters. The van der Waals surface area contributed by atoms with Gasteiger partial charge in [-0.3, -0.25) is 9.69 Å². The number of benzene rings is 1. The highest BCUT2D eigenvalue weighted by Gasteiger charge is 2.36. The normalized spacial score (nSPS) is 21.3. The molecule has 0 bridgehead atoms. The number of nitrogens with zero attached hydrogens (tertiary/aromatic N) is 1. The van der Waals surface area contributed by atoms with Crippen LogP contribution in [0.1, 0.15) is 76.4 Å². The zero-order chi connectivity index (χ0) is 21.5. The predicted octanol–water partition coefficient (Wildman–Crippen LogP) is 7.82. The molecule has 5 heteroatoms. The van der Waals surface area contributed by atoms with Gasteiger partial charge < -0.3 is 4.42 Å². The van der Waals surface area contributed by atoms with E-state index in [9.17, 15) is 4.79 Å². The summed E-state index contributed by atoms with van der Waals surface area (Å²) in [5, 5.41) is 0. The van der Waals surface area contributed by atoms with Gasteiger partial charge in [0.25, 0.3) is 5.91 Å². The van der Waals surface area contributed by atoms with E-state index in [0.717, 1.165) is 24.2 Å². The number of carbonyl (C=O) groups is 1. The van der Waals surface area contributed by atoms with Gasteiger partial charge in [-0.25, -0.2) is 0 Å². The van der Waals surface area contributed by atoms with Gasteiger partial charge in [0.1, 0.15) is 15.8 Å². The lowest BCUT2D eigenvalue weighted by Crippen LogP contribution is -2.38. The van der Waals surface area contributed by atoms with Crippen LogP contribution in [-0.4, -0.2) is 21.2 Å². The Labute approximate surface area is 195 Å². The van der Waals surface area contributed by atoms with Gasteiger partial charge in [-0.15, -0.1) is 0 Å². The Bertz CT molecular complexity index is 906. The third kappa shape index (κ3) is 5.89. The van der Waals surface area contributed by atoms with Crippen molar-refractivity contribution in [2.75, 3.05) is 0 Å². The molecule has 2 fully saturated rings. The number of thioether (sulfide) groups is 1. The third-order valence-electron chi connectivity index (χ3n) is 6.22. The molecule has 1 saturated heterocycles. The number of thiocarbonyl (C=S) groups is 1. The van der Waals surface area contributed by atoms with Crippen LogP contribution in [-0.2, 0) is 4.79 Å². The summed E-state index contributed by atoms with van der Waals surface area (Å²) in [6, 6.07) is 14.1. The largest absolute Gasteiger partial charge is 0.457 e. The van der Waals surface area contributed by atoms with Crippen molar-refractivity contribution in [2.45, 2.75) is 76.7 Å². The van der Waals surface area contributed by atoms with E-state index in [4.69, 9.17) is 16.6 Å². The Hall–Kier alpha value is -1.85. The van der Waals surface area contributed by atoms with Gasteiger partial charge in [-0.05, 0) is 25.0 Å². The van der Waals surface area contributed by atoms with E-state index < -0.39 is 0 Å². The second-order valence-corrected chi connectivity index (χ2v) is 10.2. The van der Waals surface area contributed by atoms with Crippen molar-refractivity contribution < 1.29 is 9.21 Å². The molecule has 2 heterocycles. The smallest absolute Gasteiger partial charge is 0.266 e. The maximum atomic E-state index is 13.3. The van der Waals surface area contributed by atoms with E-state index >= 15 is 0 Å². The Balaban J connectivity index is 1.46. The van der Waals surface area contributed by atoms with Crippen molar-refractivity contribution >= 4 is 40.3 Å². The molecule has 1 aliphatic carbocycles. The summed E-state index contributed by atoms with van der Waals surface area (Å²) in [5.41, 5.74) is 1.03. The molecule has 0 radical (unpaired) electrons. The quantitative estimate of drug-likeness (QED) is 0.350. The molecule has 0 atom stereocenters. The molecule has 1 saturated carbocycles. The molecular formula is C26H31NO2S2. The first kappa shape index (κ1) is 22.3. The van der Waals surface area contributed by atoms with Gasteiger partial charge in [0.15, 0.2) is 0 Å². The number of furan rings is 1. The summed E-state index contributed by atoms with van der Waals surface area (Å²) in [6.45, 7) is 0. The summed E-state index contributed by atoms with van der Waals surface area (Å²) < 4.78 is 6.68. The van der Waals surface area contributed by atoms with E-state index in [2.05, 4.69) is 0 Å².